The number of carbonyl (C=O) groups is 1. The van der Waals surface area contributed by atoms with Gasteiger partial charge in [-0.3, -0.25) is 4.90 Å². The largest absolute Gasteiger partial charge is 0.473 e. The molecule has 2 aromatic carbocycles. The summed E-state index contributed by atoms with van der Waals surface area (Å²) >= 11 is 6.39. The molecule has 3 aromatic rings. The Morgan fingerprint density at radius 1 is 1.10 bits per heavy atom. The van der Waals surface area contributed by atoms with Crippen molar-refractivity contribution in [2.75, 3.05) is 31.5 Å². The Morgan fingerprint density at radius 2 is 1.80 bits per heavy atom. The minimum atomic E-state index is -0.557. The van der Waals surface area contributed by atoms with E-state index in [1.165, 1.54) is 11.9 Å². The van der Waals surface area contributed by atoms with Crippen molar-refractivity contribution in [3.63, 3.8) is 0 Å². The molecule has 5 rings (SSSR count). The van der Waals surface area contributed by atoms with Crippen molar-refractivity contribution in [2.45, 2.75) is 45.9 Å². The van der Waals surface area contributed by atoms with Crippen LogP contribution in [0.5, 0.6) is 5.88 Å². The molecule has 1 aromatic heterocycles. The molecule has 9 nitrogen and oxygen atoms in total. The van der Waals surface area contributed by atoms with Gasteiger partial charge in [-0.15, -0.1) is 0 Å². The van der Waals surface area contributed by atoms with E-state index in [4.69, 9.17) is 26.3 Å². The summed E-state index contributed by atoms with van der Waals surface area (Å²) < 4.78 is 12.4. The van der Waals surface area contributed by atoms with E-state index in [0.29, 0.717) is 41.1 Å². The normalized spacial score (nSPS) is 20.7. The molecule has 41 heavy (non-hydrogen) atoms. The van der Waals surface area contributed by atoms with E-state index >= 15 is 0 Å². The molecule has 2 atom stereocenters. The zero-order chi connectivity index (χ0) is 29.1. The highest BCUT2D eigenvalue weighted by atomic mass is 35.5. The van der Waals surface area contributed by atoms with Crippen LogP contribution >= 0.6 is 11.6 Å². The van der Waals surface area contributed by atoms with Gasteiger partial charge in [-0.1, -0.05) is 41.9 Å². The minimum absolute atomic E-state index is 0.0671. The second-order valence-electron chi connectivity index (χ2n) is 11.8. The molecule has 3 heterocycles. The van der Waals surface area contributed by atoms with Gasteiger partial charge >= 0.3 is 6.09 Å². The van der Waals surface area contributed by atoms with Crippen molar-refractivity contribution in [1.82, 2.24) is 19.8 Å². The lowest BCUT2D eigenvalue weighted by molar-refractivity contribution is -0.0722. The molecule has 214 valence electrons. The van der Waals surface area contributed by atoms with E-state index < -0.39 is 5.60 Å². The highest BCUT2D eigenvalue weighted by Crippen LogP contribution is 2.36. The number of halogens is 1. The maximum absolute atomic E-state index is 13.0. The van der Waals surface area contributed by atoms with Crippen LogP contribution in [0.2, 0.25) is 5.02 Å². The average molecular weight is 575 g/mol. The number of rotatable bonds is 6. The molecular formula is C31H35ClN6O3. The molecule has 0 saturated carbocycles. The number of anilines is 2. The molecule has 2 saturated heterocycles. The third-order valence-electron chi connectivity index (χ3n) is 7.36. The monoisotopic (exact) mass is 574 g/mol. The number of hydrogen-bond acceptors (Lipinski definition) is 8. The Morgan fingerprint density at radius 3 is 2.44 bits per heavy atom. The predicted octanol–water partition coefficient (Wildman–Crippen LogP) is 5.80. The first-order valence-electron chi connectivity index (χ1n) is 13.8. The van der Waals surface area contributed by atoms with Gasteiger partial charge in [-0.05, 0) is 51.5 Å². The van der Waals surface area contributed by atoms with Gasteiger partial charge in [0.05, 0.1) is 27.9 Å². The van der Waals surface area contributed by atoms with Crippen LogP contribution in [0.3, 0.4) is 0 Å². The summed E-state index contributed by atoms with van der Waals surface area (Å²) in [5, 5.41) is 12.8. The maximum Gasteiger partial charge on any atom is 0.410 e. The van der Waals surface area contributed by atoms with Crippen molar-refractivity contribution < 1.29 is 14.3 Å². The number of nitriles is 1. The highest BCUT2D eigenvalue weighted by molar-refractivity contribution is 6.33. The molecular weight excluding hydrogens is 540 g/mol. The molecule has 0 radical (unpaired) electrons. The molecule has 2 fully saturated rings. The van der Waals surface area contributed by atoms with Gasteiger partial charge in [-0.2, -0.15) is 5.26 Å². The van der Waals surface area contributed by atoms with Crippen LogP contribution in [0.25, 0.3) is 0 Å². The molecule has 2 bridgehead atoms. The van der Waals surface area contributed by atoms with Gasteiger partial charge in [0, 0.05) is 44.6 Å². The molecule has 2 aliphatic rings. The van der Waals surface area contributed by atoms with E-state index in [1.54, 1.807) is 18.2 Å². The molecule has 2 unspecified atom stereocenters. The van der Waals surface area contributed by atoms with Crippen molar-refractivity contribution in [3.05, 3.63) is 76.6 Å². The fourth-order valence-electron chi connectivity index (χ4n) is 5.55. The van der Waals surface area contributed by atoms with Gasteiger partial charge in [0.25, 0.3) is 0 Å². The number of piperidine rings is 2. The number of likely N-dealkylation sites (tertiary alicyclic amines) is 2. The van der Waals surface area contributed by atoms with E-state index in [2.05, 4.69) is 50.5 Å². The second-order valence-corrected chi connectivity index (χ2v) is 12.2. The maximum atomic E-state index is 13.0. The molecule has 1 amide bonds. The number of aromatic nitrogens is 2. The molecule has 0 spiro atoms. The molecule has 0 aliphatic carbocycles. The molecule has 1 N–H and O–H groups in total. The fraction of sp³-hybridized carbons (Fsp3) is 0.419. The fourth-order valence-corrected chi connectivity index (χ4v) is 5.78. The zero-order valence-electron chi connectivity index (χ0n) is 23.8. The van der Waals surface area contributed by atoms with Crippen LogP contribution in [0.15, 0.2) is 54.9 Å². The number of ether oxygens (including phenoxy) is 2. The lowest BCUT2D eigenvalue weighted by atomic mass is 9.81. The molecule has 10 heteroatoms. The Bertz CT molecular complexity index is 1420. The van der Waals surface area contributed by atoms with E-state index in [9.17, 15) is 4.79 Å². The highest BCUT2D eigenvalue weighted by Gasteiger charge is 2.46. The Balaban J connectivity index is 1.35. The SMILES string of the molecule is Cc1c(Nc2ccc(C#N)cc2Cl)ncnc1OC1C2CN(Cc3ccccc3)CC1CN(C(=O)OC(C)(C)C)C2. The number of nitrogens with one attached hydrogen (secondary N) is 1. The number of hydrogen-bond donors (Lipinski definition) is 1. The topological polar surface area (TPSA) is 104 Å². The zero-order valence-corrected chi connectivity index (χ0v) is 24.6. The van der Waals surface area contributed by atoms with Gasteiger partial charge in [-0.25, -0.2) is 14.8 Å². The van der Waals surface area contributed by atoms with Gasteiger partial charge in [0.15, 0.2) is 0 Å². The molecule has 2 aliphatic heterocycles. The summed E-state index contributed by atoms with van der Waals surface area (Å²) in [6.07, 6.45) is 1.06. The average Bonchev–Trinajstić information content (AvgIpc) is 2.91. The van der Waals surface area contributed by atoms with Crippen LogP contribution in [0.1, 0.15) is 37.5 Å². The van der Waals surface area contributed by atoms with Gasteiger partial charge in [0.2, 0.25) is 5.88 Å². The van der Waals surface area contributed by atoms with E-state index in [-0.39, 0.29) is 24.0 Å². The Hall–Kier alpha value is -3.87. The summed E-state index contributed by atoms with van der Waals surface area (Å²) in [5.74, 6) is 1.20. The van der Waals surface area contributed by atoms with Crippen LogP contribution in [-0.4, -0.2) is 63.7 Å². The van der Waals surface area contributed by atoms with Crippen molar-refractivity contribution >= 4 is 29.2 Å². The number of amides is 1. The van der Waals surface area contributed by atoms with Crippen LogP contribution in [0, 0.1) is 30.1 Å². The summed E-state index contributed by atoms with van der Waals surface area (Å²) in [4.78, 5) is 26.2. The second kappa shape index (κ2) is 11.9. The third-order valence-corrected chi connectivity index (χ3v) is 7.67. The number of fused-ring (bicyclic) bond motifs is 2. The first-order chi connectivity index (χ1) is 19.6. The summed E-state index contributed by atoms with van der Waals surface area (Å²) in [6, 6.07) is 17.6. The first-order valence-corrected chi connectivity index (χ1v) is 14.2. The predicted molar refractivity (Wildman–Crippen MR) is 157 cm³/mol. The van der Waals surface area contributed by atoms with Crippen LogP contribution in [-0.2, 0) is 11.3 Å². The Labute approximate surface area is 246 Å². The van der Waals surface area contributed by atoms with Gasteiger partial charge < -0.3 is 19.7 Å². The number of nitrogens with zero attached hydrogens (tertiary/aromatic N) is 5. The first kappa shape index (κ1) is 28.7. The summed E-state index contributed by atoms with van der Waals surface area (Å²) in [7, 11) is 0. The summed E-state index contributed by atoms with van der Waals surface area (Å²) in [6.45, 7) is 11.1. The number of carbonyl (C=O) groups excluding carboxylic acids is 1. The standard InChI is InChI=1S/C31H35ClN6O3/c1-20-28(36-26-11-10-22(13-33)12-25(26)32)34-19-35-29(20)40-27-23-15-37(14-21-8-6-5-7-9-21)16-24(27)18-38(17-23)30(39)41-31(2,3)4/h5-12,19,23-24,27H,14-18H2,1-4H3,(H,34,35,36). The smallest absolute Gasteiger partial charge is 0.410 e. The van der Waals surface area contributed by atoms with Crippen molar-refractivity contribution in [1.29, 1.82) is 5.26 Å². The third kappa shape index (κ3) is 6.89. The quantitative estimate of drug-likeness (QED) is 0.394. The lowest BCUT2D eigenvalue weighted by Gasteiger charge is -2.50. The van der Waals surface area contributed by atoms with E-state index in [0.717, 1.165) is 25.2 Å². The number of benzene rings is 2. The van der Waals surface area contributed by atoms with Crippen molar-refractivity contribution in [3.8, 4) is 11.9 Å². The minimum Gasteiger partial charge on any atom is -0.473 e. The Kier molecular flexibility index (Phi) is 8.34. The summed E-state index contributed by atoms with van der Waals surface area (Å²) in [5.41, 5.74) is 2.57. The lowest BCUT2D eigenvalue weighted by Crippen LogP contribution is -2.62. The van der Waals surface area contributed by atoms with Crippen molar-refractivity contribution in [2.24, 2.45) is 11.8 Å². The van der Waals surface area contributed by atoms with E-state index in [1.807, 2.05) is 38.7 Å². The van der Waals surface area contributed by atoms with Crippen LogP contribution < -0.4 is 10.1 Å². The van der Waals surface area contributed by atoms with Gasteiger partial charge in [0.1, 0.15) is 23.9 Å². The van der Waals surface area contributed by atoms with Crippen LogP contribution in [0.4, 0.5) is 16.3 Å².